The van der Waals surface area contributed by atoms with Gasteiger partial charge in [-0.25, -0.2) is 4.90 Å². The number of nitro groups is 1. The molecule has 0 unspecified atom stereocenters. The molecule has 0 N–H and O–H groups in total. The van der Waals surface area contributed by atoms with E-state index in [-0.39, 0.29) is 18.2 Å². The second-order valence-corrected chi connectivity index (χ2v) is 10.5. The maximum atomic E-state index is 14.2. The zero-order valence-corrected chi connectivity index (χ0v) is 21.5. The summed E-state index contributed by atoms with van der Waals surface area (Å²) in [6.07, 6.45) is 1.88. The van der Waals surface area contributed by atoms with Gasteiger partial charge in [0.1, 0.15) is 5.75 Å². The molecule has 3 heterocycles. The van der Waals surface area contributed by atoms with E-state index in [2.05, 4.69) is 0 Å². The summed E-state index contributed by atoms with van der Waals surface area (Å²) in [6.45, 7) is 3.64. The molecule has 0 radical (unpaired) electrons. The number of imide groups is 1. The highest BCUT2D eigenvalue weighted by Crippen LogP contribution is 2.55. The van der Waals surface area contributed by atoms with Gasteiger partial charge in [0.05, 0.1) is 28.4 Å². The number of carbonyl (C=O) groups is 3. The number of allylic oxidation sites excluding steroid dienone is 1. The van der Waals surface area contributed by atoms with Crippen molar-refractivity contribution >= 4 is 34.7 Å². The topological polar surface area (TPSA) is 125 Å². The maximum Gasteiger partial charge on any atom is 0.319 e. The summed E-state index contributed by atoms with van der Waals surface area (Å²) in [6, 6.07) is 14.9. The summed E-state index contributed by atoms with van der Waals surface area (Å²) in [5.41, 5.74) is 3.33. The van der Waals surface area contributed by atoms with Gasteiger partial charge in [0.25, 0.3) is 5.69 Å². The van der Waals surface area contributed by atoms with Gasteiger partial charge in [0.2, 0.25) is 18.6 Å². The number of hydrogen-bond acceptors (Lipinski definition) is 8. The van der Waals surface area contributed by atoms with Gasteiger partial charge in [-0.2, -0.15) is 0 Å². The molecule has 0 bridgehead atoms. The van der Waals surface area contributed by atoms with Crippen LogP contribution < -0.4 is 19.1 Å². The van der Waals surface area contributed by atoms with Crippen LogP contribution in [0.1, 0.15) is 28.2 Å². The molecule has 3 aromatic carbocycles. The summed E-state index contributed by atoms with van der Waals surface area (Å²) >= 11 is 0. The molecule has 2 amide bonds. The van der Waals surface area contributed by atoms with E-state index < -0.39 is 46.4 Å². The molecule has 7 rings (SSSR count). The van der Waals surface area contributed by atoms with Gasteiger partial charge in [-0.1, -0.05) is 30.3 Å². The second kappa shape index (κ2) is 8.51. The average molecular weight is 539 g/mol. The molecule has 10 nitrogen and oxygen atoms in total. The molecule has 40 heavy (non-hydrogen) atoms. The Labute approximate surface area is 227 Å². The minimum Gasteiger partial charge on any atom is -0.454 e. The van der Waals surface area contributed by atoms with Crippen LogP contribution in [-0.2, 0) is 14.4 Å². The Morgan fingerprint density at radius 2 is 1.65 bits per heavy atom. The standard InChI is InChI=1S/C30H22N2O8/c1-14-3-7-18-20-12-19(16-5-8-22-24(10-16)39-13-38-22)25-27(26(20)30(35)40-23(18)9-14)29(34)31(28(25)33)21-11-17(32(36)37)6-4-15(21)2/h3-12,19,25-27H,13H2,1-2H3/t19-,25+,26-,27-/m1/s1. The first kappa shape index (κ1) is 24.1. The SMILES string of the molecule is Cc1ccc2c(c1)OC(=O)[C@@H]1C2=C[C@H](c2ccc3c(c2)OCO3)[C@@H]2C(=O)N(c3cc([N+](=O)[O-])ccc3C)C(=O)[C@@H]12. The molecule has 0 aromatic heterocycles. The van der Waals surface area contributed by atoms with Crippen LogP contribution in [0.3, 0.4) is 0 Å². The monoisotopic (exact) mass is 538 g/mol. The first-order valence-electron chi connectivity index (χ1n) is 12.8. The molecular weight excluding hydrogens is 516 g/mol. The van der Waals surface area contributed by atoms with Crippen LogP contribution in [0.5, 0.6) is 17.2 Å². The number of aryl methyl sites for hydroxylation is 2. The number of esters is 1. The van der Waals surface area contributed by atoms with E-state index in [1.54, 1.807) is 25.1 Å². The lowest BCUT2D eigenvalue weighted by molar-refractivity contribution is -0.384. The summed E-state index contributed by atoms with van der Waals surface area (Å²) in [7, 11) is 0. The normalized spacial score (nSPS) is 24.2. The van der Waals surface area contributed by atoms with Crippen LogP contribution in [0, 0.1) is 41.7 Å². The van der Waals surface area contributed by atoms with Crippen molar-refractivity contribution < 1.29 is 33.5 Å². The Balaban J connectivity index is 1.42. The molecular formula is C30H22N2O8. The van der Waals surface area contributed by atoms with Gasteiger partial charge in [-0.3, -0.25) is 24.5 Å². The lowest BCUT2D eigenvalue weighted by atomic mass is 9.64. The fraction of sp³-hybridized carbons (Fsp3) is 0.233. The predicted octanol–water partition coefficient (Wildman–Crippen LogP) is 4.46. The molecule has 3 aliphatic heterocycles. The minimum atomic E-state index is -1.07. The van der Waals surface area contributed by atoms with E-state index in [0.29, 0.717) is 33.9 Å². The molecule has 200 valence electrons. The molecule has 0 spiro atoms. The van der Waals surface area contributed by atoms with E-state index in [9.17, 15) is 24.5 Å². The highest BCUT2D eigenvalue weighted by molar-refractivity contribution is 6.25. The predicted molar refractivity (Wildman–Crippen MR) is 141 cm³/mol. The van der Waals surface area contributed by atoms with Crippen LogP contribution in [0.2, 0.25) is 0 Å². The van der Waals surface area contributed by atoms with Gasteiger partial charge < -0.3 is 14.2 Å². The molecule has 10 heteroatoms. The first-order chi connectivity index (χ1) is 19.2. The number of rotatable bonds is 3. The molecule has 0 saturated carbocycles. The molecule has 1 fully saturated rings. The van der Waals surface area contributed by atoms with Crippen LogP contribution in [0.25, 0.3) is 5.57 Å². The number of hydrogen-bond donors (Lipinski definition) is 0. The Bertz CT molecular complexity index is 1710. The van der Waals surface area contributed by atoms with Crippen LogP contribution in [-0.4, -0.2) is 29.5 Å². The maximum absolute atomic E-state index is 14.2. The first-order valence-corrected chi connectivity index (χ1v) is 12.8. The van der Waals surface area contributed by atoms with Gasteiger partial charge in [-0.15, -0.1) is 0 Å². The Kier molecular flexibility index (Phi) is 5.12. The largest absolute Gasteiger partial charge is 0.454 e. The molecule has 4 atom stereocenters. The van der Waals surface area contributed by atoms with Crippen molar-refractivity contribution in [3.05, 3.63) is 93.0 Å². The summed E-state index contributed by atoms with van der Waals surface area (Å²) in [5.74, 6) is -3.84. The molecule has 1 saturated heterocycles. The van der Waals surface area contributed by atoms with Gasteiger partial charge in [-0.05, 0) is 54.3 Å². The van der Waals surface area contributed by atoms with Gasteiger partial charge in [0.15, 0.2) is 11.5 Å². The van der Waals surface area contributed by atoms with Gasteiger partial charge in [0, 0.05) is 23.6 Å². The van der Waals surface area contributed by atoms with E-state index in [1.807, 2.05) is 31.2 Å². The number of anilines is 1. The minimum absolute atomic E-state index is 0.0779. The number of fused-ring (bicyclic) bond motifs is 6. The van der Waals surface area contributed by atoms with Gasteiger partial charge >= 0.3 is 5.97 Å². The number of nitro benzene ring substituents is 1. The van der Waals surface area contributed by atoms with Crippen molar-refractivity contribution in [3.63, 3.8) is 0 Å². The van der Waals surface area contributed by atoms with Crippen molar-refractivity contribution in [3.8, 4) is 17.2 Å². The van der Waals surface area contributed by atoms with Crippen LogP contribution in [0.4, 0.5) is 11.4 Å². The van der Waals surface area contributed by atoms with Crippen molar-refractivity contribution in [2.24, 2.45) is 17.8 Å². The lowest BCUT2D eigenvalue weighted by Gasteiger charge is -2.38. The highest BCUT2D eigenvalue weighted by Gasteiger charge is 2.60. The van der Waals surface area contributed by atoms with Crippen LogP contribution in [0.15, 0.2) is 60.7 Å². The third kappa shape index (κ3) is 3.38. The fourth-order valence-electron chi connectivity index (χ4n) is 6.30. The number of nitrogens with zero attached hydrogens (tertiary/aromatic N) is 2. The molecule has 1 aliphatic carbocycles. The fourth-order valence-corrected chi connectivity index (χ4v) is 6.30. The second-order valence-electron chi connectivity index (χ2n) is 10.5. The Hall–Kier alpha value is -4.99. The lowest BCUT2D eigenvalue weighted by Crippen LogP contribution is -2.42. The van der Waals surface area contributed by atoms with E-state index >= 15 is 0 Å². The third-order valence-electron chi connectivity index (χ3n) is 8.18. The summed E-state index contributed by atoms with van der Waals surface area (Å²) in [4.78, 5) is 53.8. The van der Waals surface area contributed by atoms with Crippen LogP contribution >= 0.6 is 0 Å². The number of amides is 2. The Morgan fingerprint density at radius 1 is 0.875 bits per heavy atom. The molecule has 4 aliphatic rings. The van der Waals surface area contributed by atoms with Crippen molar-refractivity contribution in [1.29, 1.82) is 0 Å². The average Bonchev–Trinajstić information content (AvgIpc) is 3.50. The van der Waals surface area contributed by atoms with Crippen molar-refractivity contribution in [2.75, 3.05) is 11.7 Å². The zero-order chi connectivity index (χ0) is 27.9. The summed E-state index contributed by atoms with van der Waals surface area (Å²) in [5, 5.41) is 11.5. The highest BCUT2D eigenvalue weighted by atomic mass is 16.7. The van der Waals surface area contributed by atoms with E-state index in [1.165, 1.54) is 18.2 Å². The van der Waals surface area contributed by atoms with E-state index in [0.717, 1.165) is 16.0 Å². The number of carbonyl (C=O) groups excluding carboxylic acids is 3. The Morgan fingerprint density at radius 3 is 2.45 bits per heavy atom. The van der Waals surface area contributed by atoms with Crippen molar-refractivity contribution in [1.82, 2.24) is 0 Å². The molecule has 3 aromatic rings. The van der Waals surface area contributed by atoms with Crippen molar-refractivity contribution in [2.45, 2.75) is 19.8 Å². The smallest absolute Gasteiger partial charge is 0.319 e. The number of benzene rings is 3. The quantitative estimate of drug-likeness (QED) is 0.157. The number of ether oxygens (including phenoxy) is 3. The zero-order valence-electron chi connectivity index (χ0n) is 21.5. The summed E-state index contributed by atoms with van der Waals surface area (Å²) < 4.78 is 16.7. The van der Waals surface area contributed by atoms with E-state index in [4.69, 9.17) is 14.2 Å². The third-order valence-corrected chi connectivity index (χ3v) is 8.18. The number of non-ortho nitro benzene ring substituents is 1.